The number of nitro benzene ring substituents is 1. The first-order chi connectivity index (χ1) is 11.5. The van der Waals surface area contributed by atoms with Crippen molar-refractivity contribution in [3.8, 4) is 0 Å². The standard InChI is InChI=1S/C15H11ClN6O2/c16-10-6-5-8(22(23)24)7-9(10)13-19-14(17)20-15-18-11-3-1-2-4-12(11)21(13)15/h1-7,13H,(H3,17,18,19,20)/p+1/t13-/m0/s1. The molecule has 0 amide bonds. The Morgan fingerprint density at radius 2 is 2.08 bits per heavy atom. The number of nitrogens with two attached hydrogens (primary N) is 1. The number of anilines is 1. The van der Waals surface area contributed by atoms with Gasteiger partial charge >= 0.3 is 5.95 Å². The monoisotopic (exact) mass is 343 g/mol. The van der Waals surface area contributed by atoms with Crippen molar-refractivity contribution in [2.45, 2.75) is 6.17 Å². The fraction of sp³-hybridized carbons (Fsp3) is 0.0667. The second-order valence-corrected chi connectivity index (χ2v) is 5.74. The first-order valence-electron chi connectivity index (χ1n) is 7.11. The molecule has 8 nitrogen and oxygen atoms in total. The number of benzene rings is 2. The number of nitrogens with one attached hydrogen (secondary N) is 2. The van der Waals surface area contributed by atoms with Gasteiger partial charge in [-0.25, -0.2) is 14.9 Å². The molecule has 0 radical (unpaired) electrons. The van der Waals surface area contributed by atoms with Gasteiger partial charge in [-0.3, -0.25) is 10.1 Å². The Bertz CT molecular complexity index is 1010. The molecule has 0 saturated carbocycles. The number of guanidine groups is 1. The predicted molar refractivity (Wildman–Crippen MR) is 90.0 cm³/mol. The molecule has 1 aliphatic rings. The molecule has 0 saturated heterocycles. The number of non-ortho nitro benzene ring substituents is 1. The van der Waals surface area contributed by atoms with Crippen LogP contribution in [-0.4, -0.2) is 15.9 Å². The molecular formula is C15H12ClN6O2+. The molecule has 4 N–H and O–H groups in total. The average molecular weight is 344 g/mol. The number of nitro groups is 1. The number of aromatic amines is 1. The second kappa shape index (κ2) is 5.20. The molecule has 0 aliphatic carbocycles. The van der Waals surface area contributed by atoms with Crippen molar-refractivity contribution in [1.29, 1.82) is 0 Å². The molecule has 3 aromatic rings. The van der Waals surface area contributed by atoms with Gasteiger partial charge in [-0.2, -0.15) is 4.99 Å². The van der Waals surface area contributed by atoms with E-state index in [2.05, 4.69) is 15.3 Å². The maximum Gasteiger partial charge on any atom is 0.365 e. The van der Waals surface area contributed by atoms with E-state index in [9.17, 15) is 10.1 Å². The number of para-hydroxylation sites is 2. The van der Waals surface area contributed by atoms with E-state index >= 15 is 0 Å². The van der Waals surface area contributed by atoms with Crippen LogP contribution in [0.5, 0.6) is 0 Å². The third-order valence-corrected chi connectivity index (χ3v) is 4.22. The molecule has 24 heavy (non-hydrogen) atoms. The van der Waals surface area contributed by atoms with Gasteiger partial charge in [0.05, 0.1) is 4.92 Å². The number of H-pyrrole nitrogens is 1. The Kier molecular flexibility index (Phi) is 3.14. The van der Waals surface area contributed by atoms with E-state index in [1.165, 1.54) is 18.2 Å². The van der Waals surface area contributed by atoms with Crippen LogP contribution in [-0.2, 0) is 0 Å². The highest BCUT2D eigenvalue weighted by Gasteiger charge is 2.33. The Labute approximate surface area is 140 Å². The topological polar surface area (TPSA) is 113 Å². The molecule has 2 aromatic carbocycles. The van der Waals surface area contributed by atoms with Crippen LogP contribution in [0.1, 0.15) is 11.7 Å². The molecule has 0 unspecified atom stereocenters. The van der Waals surface area contributed by atoms with Crippen molar-refractivity contribution in [2.24, 2.45) is 10.7 Å². The summed E-state index contributed by atoms with van der Waals surface area (Å²) >= 11 is 6.29. The van der Waals surface area contributed by atoms with Gasteiger partial charge < -0.3 is 5.73 Å². The van der Waals surface area contributed by atoms with Crippen LogP contribution in [0, 0.1) is 10.1 Å². The van der Waals surface area contributed by atoms with Gasteiger partial charge in [0.25, 0.3) is 11.6 Å². The van der Waals surface area contributed by atoms with Crippen molar-refractivity contribution in [3.63, 3.8) is 0 Å². The van der Waals surface area contributed by atoms with Crippen LogP contribution in [0.15, 0.2) is 47.5 Å². The number of imidazole rings is 1. The lowest BCUT2D eigenvalue weighted by Gasteiger charge is -2.18. The summed E-state index contributed by atoms with van der Waals surface area (Å²) < 4.78 is 1.87. The Morgan fingerprint density at radius 3 is 2.88 bits per heavy atom. The zero-order chi connectivity index (χ0) is 16.8. The fourth-order valence-corrected chi connectivity index (χ4v) is 3.05. The number of halogens is 1. The summed E-state index contributed by atoms with van der Waals surface area (Å²) in [5, 5.41) is 14.4. The number of aromatic nitrogens is 2. The molecule has 0 bridgehead atoms. The normalized spacial score (nSPS) is 16.4. The minimum Gasteiger partial charge on any atom is -0.357 e. The third-order valence-electron chi connectivity index (χ3n) is 3.88. The molecule has 2 heterocycles. The zero-order valence-electron chi connectivity index (χ0n) is 12.2. The number of fused-ring (bicyclic) bond motifs is 3. The smallest absolute Gasteiger partial charge is 0.357 e. The summed E-state index contributed by atoms with van der Waals surface area (Å²) in [6, 6.07) is 11.9. The van der Waals surface area contributed by atoms with E-state index in [1.54, 1.807) is 0 Å². The van der Waals surface area contributed by atoms with Crippen molar-refractivity contribution in [1.82, 2.24) is 4.98 Å². The zero-order valence-corrected chi connectivity index (χ0v) is 13.0. The molecule has 1 atom stereocenters. The number of aliphatic imine (C=N–C) groups is 1. The van der Waals surface area contributed by atoms with Crippen molar-refractivity contribution < 1.29 is 9.49 Å². The minimum atomic E-state index is -0.607. The first kappa shape index (κ1) is 14.5. The predicted octanol–water partition coefficient (Wildman–Crippen LogP) is 2.30. The summed E-state index contributed by atoms with van der Waals surface area (Å²) in [6.07, 6.45) is -0.607. The van der Waals surface area contributed by atoms with Gasteiger partial charge in [0.15, 0.2) is 0 Å². The molecule has 1 aromatic heterocycles. The van der Waals surface area contributed by atoms with Crippen LogP contribution >= 0.6 is 11.6 Å². The molecule has 4 rings (SSSR count). The maximum absolute atomic E-state index is 11.1. The SMILES string of the molecule is NC1=N[C@H](c2cc([N+](=O)[O-])ccc2Cl)[n+]2c([nH]c3ccccc32)N1. The number of nitrogens with zero attached hydrogens (tertiary/aromatic N) is 3. The molecule has 9 heteroatoms. The molecular weight excluding hydrogens is 332 g/mol. The third kappa shape index (κ3) is 2.16. The lowest BCUT2D eigenvalue weighted by molar-refractivity contribution is -0.674. The Balaban J connectivity index is 1.97. The minimum absolute atomic E-state index is 0.0521. The van der Waals surface area contributed by atoms with Crippen molar-refractivity contribution in [2.75, 3.05) is 5.32 Å². The maximum atomic E-state index is 11.1. The highest BCUT2D eigenvalue weighted by atomic mass is 35.5. The summed E-state index contributed by atoms with van der Waals surface area (Å²) in [6.45, 7) is 0. The summed E-state index contributed by atoms with van der Waals surface area (Å²) in [5.41, 5.74) is 8.09. The molecule has 120 valence electrons. The van der Waals surface area contributed by atoms with Gasteiger partial charge in [0, 0.05) is 22.7 Å². The van der Waals surface area contributed by atoms with Gasteiger partial charge in [0.2, 0.25) is 6.17 Å². The average Bonchev–Trinajstić information content (AvgIpc) is 2.92. The Morgan fingerprint density at radius 1 is 1.29 bits per heavy atom. The van der Waals surface area contributed by atoms with Gasteiger partial charge in [0.1, 0.15) is 11.0 Å². The van der Waals surface area contributed by atoms with E-state index < -0.39 is 11.1 Å². The van der Waals surface area contributed by atoms with E-state index in [1.807, 2.05) is 28.8 Å². The summed E-state index contributed by atoms with van der Waals surface area (Å²) in [7, 11) is 0. The second-order valence-electron chi connectivity index (χ2n) is 5.34. The van der Waals surface area contributed by atoms with Crippen molar-refractivity contribution >= 4 is 40.2 Å². The summed E-state index contributed by atoms with van der Waals surface area (Å²) in [5.74, 6) is 0.838. The van der Waals surface area contributed by atoms with Gasteiger partial charge in [-0.05, 0) is 18.2 Å². The van der Waals surface area contributed by atoms with E-state index in [0.29, 0.717) is 16.5 Å². The molecule has 1 aliphatic heterocycles. The highest BCUT2D eigenvalue weighted by Crippen LogP contribution is 2.31. The van der Waals surface area contributed by atoms with Crippen LogP contribution in [0.25, 0.3) is 11.0 Å². The molecule has 0 spiro atoms. The quantitative estimate of drug-likeness (QED) is 0.376. The van der Waals surface area contributed by atoms with Crippen LogP contribution < -0.4 is 15.6 Å². The van der Waals surface area contributed by atoms with Gasteiger partial charge in [-0.1, -0.05) is 23.7 Å². The lowest BCUT2D eigenvalue weighted by Crippen LogP contribution is -2.48. The Hall–Kier alpha value is -3.13. The molecule has 0 fully saturated rings. The first-order valence-corrected chi connectivity index (χ1v) is 7.49. The van der Waals surface area contributed by atoms with Crippen LogP contribution in [0.2, 0.25) is 5.02 Å². The number of hydrogen-bond donors (Lipinski definition) is 3. The fourth-order valence-electron chi connectivity index (χ4n) is 2.84. The van der Waals surface area contributed by atoms with E-state index in [-0.39, 0.29) is 11.6 Å². The number of hydrogen-bond acceptors (Lipinski definition) is 5. The van der Waals surface area contributed by atoms with Crippen molar-refractivity contribution in [3.05, 3.63) is 63.2 Å². The summed E-state index contributed by atoms with van der Waals surface area (Å²) in [4.78, 5) is 18.2. The van der Waals surface area contributed by atoms with E-state index in [4.69, 9.17) is 17.3 Å². The van der Waals surface area contributed by atoms with E-state index in [0.717, 1.165) is 11.0 Å². The number of rotatable bonds is 2. The largest absolute Gasteiger partial charge is 0.365 e. The van der Waals surface area contributed by atoms with Crippen LogP contribution in [0.4, 0.5) is 11.6 Å². The van der Waals surface area contributed by atoms with Gasteiger partial charge in [-0.15, -0.1) is 0 Å². The highest BCUT2D eigenvalue weighted by molar-refractivity contribution is 6.31. The van der Waals surface area contributed by atoms with Crippen LogP contribution in [0.3, 0.4) is 0 Å². The lowest BCUT2D eigenvalue weighted by atomic mass is 10.1.